The Bertz CT molecular complexity index is 784. The highest BCUT2D eigenvalue weighted by Gasteiger charge is 2.30. The first-order valence-corrected chi connectivity index (χ1v) is 9.04. The molecule has 2 N–H and O–H groups in total. The molecule has 0 radical (unpaired) electrons. The molecule has 0 saturated carbocycles. The minimum Gasteiger partial charge on any atom is -0.368 e. The van der Waals surface area contributed by atoms with Crippen LogP contribution in [0.4, 0.5) is 0 Å². The molecule has 0 bridgehead atoms. The SMILES string of the molecule is CN(C)CCN=C(N)N1CC(c2ccccc2)C(c2ccc(Cl)cc2)=N1. The van der Waals surface area contributed by atoms with Gasteiger partial charge in [0, 0.05) is 17.5 Å². The van der Waals surface area contributed by atoms with Crippen molar-refractivity contribution >= 4 is 23.3 Å². The lowest BCUT2D eigenvalue weighted by molar-refractivity contribution is 0.416. The van der Waals surface area contributed by atoms with Gasteiger partial charge in [-0.1, -0.05) is 54.1 Å². The first-order valence-electron chi connectivity index (χ1n) is 8.66. The van der Waals surface area contributed by atoms with E-state index >= 15 is 0 Å². The Balaban J connectivity index is 1.88. The smallest absolute Gasteiger partial charge is 0.212 e. The molecule has 1 aliphatic heterocycles. The number of guanidine groups is 1. The van der Waals surface area contributed by atoms with Crippen LogP contribution in [0.25, 0.3) is 0 Å². The lowest BCUT2D eigenvalue weighted by Crippen LogP contribution is -2.33. The van der Waals surface area contributed by atoms with E-state index in [1.807, 2.05) is 56.6 Å². The average Bonchev–Trinajstić information content (AvgIpc) is 3.08. The van der Waals surface area contributed by atoms with Crippen molar-refractivity contribution in [1.29, 1.82) is 0 Å². The largest absolute Gasteiger partial charge is 0.368 e. The highest BCUT2D eigenvalue weighted by molar-refractivity contribution is 6.30. The Labute approximate surface area is 159 Å². The molecule has 2 aromatic rings. The number of likely N-dealkylation sites (N-methyl/N-ethyl adjacent to an activating group) is 1. The monoisotopic (exact) mass is 369 g/mol. The topological polar surface area (TPSA) is 57.2 Å². The van der Waals surface area contributed by atoms with Crippen molar-refractivity contribution in [3.63, 3.8) is 0 Å². The second-order valence-electron chi connectivity index (χ2n) is 6.58. The number of benzene rings is 2. The van der Waals surface area contributed by atoms with Gasteiger partial charge in [0.15, 0.2) is 0 Å². The molecule has 26 heavy (non-hydrogen) atoms. The molecule has 136 valence electrons. The molecule has 0 fully saturated rings. The maximum atomic E-state index is 6.20. The van der Waals surface area contributed by atoms with Crippen molar-refractivity contribution in [2.45, 2.75) is 5.92 Å². The summed E-state index contributed by atoms with van der Waals surface area (Å²) in [5, 5.41) is 7.30. The third-order valence-electron chi connectivity index (χ3n) is 4.34. The van der Waals surface area contributed by atoms with E-state index in [4.69, 9.17) is 22.4 Å². The van der Waals surface area contributed by atoms with E-state index in [0.717, 1.165) is 17.8 Å². The van der Waals surface area contributed by atoms with Crippen LogP contribution in [0, 0.1) is 0 Å². The lowest BCUT2D eigenvalue weighted by atomic mass is 9.91. The Hall–Kier alpha value is -2.37. The first kappa shape index (κ1) is 18.4. The van der Waals surface area contributed by atoms with Gasteiger partial charge in [-0.25, -0.2) is 5.01 Å². The molecule has 6 heteroatoms. The number of hydrogen-bond acceptors (Lipinski definition) is 3. The highest BCUT2D eigenvalue weighted by Crippen LogP contribution is 2.29. The van der Waals surface area contributed by atoms with Crippen LogP contribution >= 0.6 is 11.6 Å². The van der Waals surface area contributed by atoms with Gasteiger partial charge in [0.05, 0.1) is 18.8 Å². The van der Waals surface area contributed by atoms with Gasteiger partial charge in [-0.15, -0.1) is 0 Å². The summed E-state index contributed by atoms with van der Waals surface area (Å²) in [6.45, 7) is 2.18. The van der Waals surface area contributed by atoms with E-state index in [0.29, 0.717) is 24.1 Å². The fourth-order valence-corrected chi connectivity index (χ4v) is 3.05. The zero-order valence-electron chi connectivity index (χ0n) is 15.1. The van der Waals surface area contributed by atoms with Crippen LogP contribution in [-0.4, -0.2) is 55.3 Å². The third-order valence-corrected chi connectivity index (χ3v) is 4.59. The number of aliphatic imine (C=N–C) groups is 1. The minimum atomic E-state index is 0.139. The summed E-state index contributed by atoms with van der Waals surface area (Å²) in [5.41, 5.74) is 9.44. The number of hydrazone groups is 1. The summed E-state index contributed by atoms with van der Waals surface area (Å²) in [6, 6.07) is 18.1. The Morgan fingerprint density at radius 1 is 1.19 bits per heavy atom. The van der Waals surface area contributed by atoms with Crippen LogP contribution < -0.4 is 5.73 Å². The van der Waals surface area contributed by atoms with Gasteiger partial charge in [-0.05, 0) is 37.4 Å². The zero-order chi connectivity index (χ0) is 18.5. The second kappa shape index (κ2) is 8.34. The van der Waals surface area contributed by atoms with Crippen LogP contribution in [0.15, 0.2) is 64.7 Å². The van der Waals surface area contributed by atoms with Crippen molar-refractivity contribution in [3.05, 3.63) is 70.7 Å². The van der Waals surface area contributed by atoms with Gasteiger partial charge in [-0.3, -0.25) is 4.99 Å². The van der Waals surface area contributed by atoms with Crippen molar-refractivity contribution in [1.82, 2.24) is 9.91 Å². The van der Waals surface area contributed by atoms with Crippen molar-refractivity contribution in [2.24, 2.45) is 15.8 Å². The second-order valence-corrected chi connectivity index (χ2v) is 7.02. The highest BCUT2D eigenvalue weighted by atomic mass is 35.5. The number of halogens is 1. The van der Waals surface area contributed by atoms with Gasteiger partial charge >= 0.3 is 0 Å². The summed E-state index contributed by atoms with van der Waals surface area (Å²) >= 11 is 6.04. The van der Waals surface area contributed by atoms with Crippen molar-refractivity contribution in [3.8, 4) is 0 Å². The number of nitrogens with two attached hydrogens (primary N) is 1. The van der Waals surface area contributed by atoms with E-state index in [1.165, 1.54) is 5.56 Å². The van der Waals surface area contributed by atoms with Crippen LogP contribution in [0.3, 0.4) is 0 Å². The summed E-state index contributed by atoms with van der Waals surface area (Å²) in [5.74, 6) is 0.594. The summed E-state index contributed by atoms with van der Waals surface area (Å²) in [6.07, 6.45) is 0. The van der Waals surface area contributed by atoms with Gasteiger partial charge in [-0.2, -0.15) is 5.10 Å². The van der Waals surface area contributed by atoms with Crippen LogP contribution in [0.1, 0.15) is 17.0 Å². The predicted molar refractivity (Wildman–Crippen MR) is 109 cm³/mol. The molecule has 1 atom stereocenters. The van der Waals surface area contributed by atoms with Crippen molar-refractivity contribution < 1.29 is 0 Å². The fourth-order valence-electron chi connectivity index (χ4n) is 2.92. The van der Waals surface area contributed by atoms with E-state index < -0.39 is 0 Å². The normalized spacial score (nSPS) is 17.7. The summed E-state index contributed by atoms with van der Waals surface area (Å²) < 4.78 is 0. The minimum absolute atomic E-state index is 0.139. The van der Waals surface area contributed by atoms with E-state index in [9.17, 15) is 0 Å². The van der Waals surface area contributed by atoms with Gasteiger partial charge in [0.25, 0.3) is 0 Å². The van der Waals surface area contributed by atoms with E-state index in [2.05, 4.69) is 22.0 Å². The number of hydrogen-bond donors (Lipinski definition) is 1. The standard InChI is InChI=1S/C20H24ClN5/c1-25(2)13-12-23-20(22)26-14-18(15-6-4-3-5-7-15)19(24-26)16-8-10-17(21)11-9-16/h3-11,18H,12-14H2,1-2H3,(H2,22,23). The molecule has 1 aliphatic rings. The Morgan fingerprint density at radius 2 is 1.88 bits per heavy atom. The van der Waals surface area contributed by atoms with E-state index in [1.54, 1.807) is 5.01 Å². The molecule has 1 heterocycles. The van der Waals surface area contributed by atoms with E-state index in [-0.39, 0.29) is 5.92 Å². The third kappa shape index (κ3) is 4.42. The molecule has 0 aromatic heterocycles. The van der Waals surface area contributed by atoms with Crippen LogP contribution in [-0.2, 0) is 0 Å². The van der Waals surface area contributed by atoms with Crippen molar-refractivity contribution in [2.75, 3.05) is 33.7 Å². The lowest BCUT2D eigenvalue weighted by Gasteiger charge is -2.16. The van der Waals surface area contributed by atoms with Gasteiger partial charge in [0.2, 0.25) is 5.96 Å². The molecule has 0 aliphatic carbocycles. The molecule has 1 unspecified atom stereocenters. The zero-order valence-corrected chi connectivity index (χ0v) is 15.9. The molecular weight excluding hydrogens is 346 g/mol. The first-order chi connectivity index (χ1) is 12.5. The molecule has 3 rings (SSSR count). The molecule has 0 saturated heterocycles. The number of nitrogens with zero attached hydrogens (tertiary/aromatic N) is 4. The predicted octanol–water partition coefficient (Wildman–Crippen LogP) is 3.02. The number of rotatable bonds is 5. The Morgan fingerprint density at radius 3 is 2.54 bits per heavy atom. The fraction of sp³-hybridized carbons (Fsp3) is 0.300. The maximum absolute atomic E-state index is 6.20. The molecular formula is C20H24ClN5. The maximum Gasteiger partial charge on any atom is 0.212 e. The van der Waals surface area contributed by atoms with Gasteiger partial charge < -0.3 is 10.6 Å². The summed E-state index contributed by atoms with van der Waals surface area (Å²) in [7, 11) is 4.04. The van der Waals surface area contributed by atoms with Crippen LogP contribution in [0.2, 0.25) is 5.02 Å². The average molecular weight is 370 g/mol. The molecule has 0 amide bonds. The quantitative estimate of drug-likeness (QED) is 0.651. The van der Waals surface area contributed by atoms with Gasteiger partial charge in [0.1, 0.15) is 0 Å². The summed E-state index contributed by atoms with van der Waals surface area (Å²) in [4.78, 5) is 6.55. The molecule has 0 spiro atoms. The molecule has 5 nitrogen and oxygen atoms in total. The van der Waals surface area contributed by atoms with Crippen LogP contribution in [0.5, 0.6) is 0 Å². The Kier molecular flexibility index (Phi) is 5.91. The molecule has 2 aromatic carbocycles.